The topological polar surface area (TPSA) is 38.8 Å². The number of ether oxygens (including phenoxy) is 2. The van der Waals surface area contributed by atoms with Crippen LogP contribution < -0.4 is 4.74 Å². The molecule has 4 heteroatoms. The lowest BCUT2D eigenvalue weighted by molar-refractivity contribution is 0.102. The van der Waals surface area contributed by atoms with Crippen LogP contribution in [0.3, 0.4) is 0 Å². The second-order valence-electron chi connectivity index (χ2n) is 5.49. The molecule has 0 aliphatic heterocycles. The Morgan fingerprint density at radius 2 is 1.62 bits per heavy atom. The molecular weight excluding hydrogens is 266 g/mol. The van der Waals surface area contributed by atoms with Crippen LogP contribution in [-0.4, -0.2) is 30.2 Å². The van der Waals surface area contributed by atoms with Gasteiger partial charge < -0.3 is 14.4 Å². The Bertz CT molecular complexity index is 481. The Morgan fingerprint density at radius 1 is 1.10 bits per heavy atom. The van der Waals surface area contributed by atoms with Gasteiger partial charge in [0.05, 0.1) is 7.11 Å². The van der Waals surface area contributed by atoms with E-state index in [-0.39, 0.29) is 18.2 Å². The van der Waals surface area contributed by atoms with Crippen molar-refractivity contribution in [1.29, 1.82) is 0 Å². The minimum absolute atomic E-state index is 0.103. The molecule has 21 heavy (non-hydrogen) atoms. The molecule has 0 fully saturated rings. The highest BCUT2D eigenvalue weighted by Gasteiger charge is 2.21. The monoisotopic (exact) mass is 291 g/mol. The average molecular weight is 291 g/mol. The van der Waals surface area contributed by atoms with Crippen LogP contribution in [0.5, 0.6) is 5.75 Å². The van der Waals surface area contributed by atoms with Crippen molar-refractivity contribution in [3.05, 3.63) is 35.6 Å². The van der Waals surface area contributed by atoms with Gasteiger partial charge in [-0.15, -0.1) is 0 Å². The smallest absolute Gasteiger partial charge is 0.415 e. The summed E-state index contributed by atoms with van der Waals surface area (Å²) in [5.74, 6) is 1.36. The van der Waals surface area contributed by atoms with Gasteiger partial charge in [0, 0.05) is 12.1 Å². The predicted molar refractivity (Wildman–Crippen MR) is 85.2 cm³/mol. The fraction of sp³-hybridized carbons (Fsp3) is 0.471. The van der Waals surface area contributed by atoms with E-state index in [0.717, 1.165) is 11.3 Å². The lowest BCUT2D eigenvalue weighted by Crippen LogP contribution is -2.42. The van der Waals surface area contributed by atoms with Crippen LogP contribution >= 0.6 is 0 Å². The van der Waals surface area contributed by atoms with E-state index in [1.54, 1.807) is 18.9 Å². The largest absolute Gasteiger partial charge is 0.497 e. The molecule has 1 aromatic rings. The van der Waals surface area contributed by atoms with E-state index in [1.165, 1.54) is 0 Å². The number of benzene rings is 1. The number of carbonyl (C=O) groups excluding carboxylic acids is 1. The molecular formula is C17H25NO3. The molecule has 0 bridgehead atoms. The summed E-state index contributed by atoms with van der Waals surface area (Å²) in [6, 6.07) is 7.78. The van der Waals surface area contributed by atoms with E-state index < -0.39 is 0 Å². The zero-order valence-electron chi connectivity index (χ0n) is 13.7. The van der Waals surface area contributed by atoms with E-state index in [2.05, 4.69) is 0 Å². The van der Waals surface area contributed by atoms with Gasteiger partial charge in [0.2, 0.25) is 0 Å². The van der Waals surface area contributed by atoms with Crippen molar-refractivity contribution in [3.8, 4) is 5.75 Å². The van der Waals surface area contributed by atoms with Crippen LogP contribution in [0.15, 0.2) is 30.0 Å². The lowest BCUT2D eigenvalue weighted by Gasteiger charge is -2.29. The maximum Gasteiger partial charge on any atom is 0.415 e. The molecule has 0 saturated carbocycles. The molecule has 0 unspecified atom stereocenters. The first-order chi connectivity index (χ1) is 9.85. The lowest BCUT2D eigenvalue weighted by atomic mass is 10.2. The Morgan fingerprint density at radius 3 is 2.05 bits per heavy atom. The Hall–Kier alpha value is -1.97. The predicted octanol–water partition coefficient (Wildman–Crippen LogP) is 4.31. The molecule has 0 aromatic heterocycles. The summed E-state index contributed by atoms with van der Waals surface area (Å²) in [5, 5.41) is 0. The van der Waals surface area contributed by atoms with Gasteiger partial charge in [-0.1, -0.05) is 12.1 Å². The first-order valence-electron chi connectivity index (χ1n) is 7.17. The molecule has 0 heterocycles. The van der Waals surface area contributed by atoms with E-state index in [4.69, 9.17) is 9.47 Å². The number of amides is 1. The van der Waals surface area contributed by atoms with Crippen molar-refractivity contribution < 1.29 is 14.3 Å². The van der Waals surface area contributed by atoms with Crippen LogP contribution in [0.25, 0.3) is 6.08 Å². The third-order valence-corrected chi connectivity index (χ3v) is 3.06. The van der Waals surface area contributed by atoms with Gasteiger partial charge in [-0.2, -0.15) is 0 Å². The third-order valence-electron chi connectivity index (χ3n) is 3.06. The molecule has 0 aliphatic rings. The van der Waals surface area contributed by atoms with Gasteiger partial charge in [-0.05, 0) is 58.4 Å². The van der Waals surface area contributed by atoms with E-state index >= 15 is 0 Å². The number of carbonyl (C=O) groups is 1. The molecule has 1 aromatic carbocycles. The fourth-order valence-corrected chi connectivity index (χ4v) is 2.17. The molecule has 116 valence electrons. The minimum atomic E-state index is -0.317. The first-order valence-corrected chi connectivity index (χ1v) is 7.17. The number of methoxy groups -OCH3 is 1. The van der Waals surface area contributed by atoms with Crippen LogP contribution in [0.1, 0.15) is 40.2 Å². The first kappa shape index (κ1) is 17.1. The second kappa shape index (κ2) is 7.72. The van der Waals surface area contributed by atoms with Crippen LogP contribution in [-0.2, 0) is 4.74 Å². The van der Waals surface area contributed by atoms with Crippen molar-refractivity contribution in [3.63, 3.8) is 0 Å². The highest BCUT2D eigenvalue weighted by molar-refractivity contribution is 5.70. The SMILES string of the molecule is COc1ccc(/C=C(\C)OC(=O)N(C(C)C)C(C)C)cc1. The number of allylic oxidation sites excluding steroid dienone is 1. The Kier molecular flexibility index (Phi) is 6.28. The maximum absolute atomic E-state index is 12.2. The van der Waals surface area contributed by atoms with Gasteiger partial charge in [0.15, 0.2) is 0 Å². The molecule has 0 radical (unpaired) electrons. The number of hydrogen-bond donors (Lipinski definition) is 0. The van der Waals surface area contributed by atoms with Gasteiger partial charge in [-0.25, -0.2) is 4.79 Å². The van der Waals surface area contributed by atoms with Crippen LogP contribution in [0.2, 0.25) is 0 Å². The summed E-state index contributed by atoms with van der Waals surface area (Å²) in [5.41, 5.74) is 0.960. The van der Waals surface area contributed by atoms with Crippen molar-refractivity contribution in [2.24, 2.45) is 0 Å². The summed E-state index contributed by atoms with van der Waals surface area (Å²) in [6.45, 7) is 9.68. The van der Waals surface area contributed by atoms with Crippen molar-refractivity contribution in [1.82, 2.24) is 4.90 Å². The van der Waals surface area contributed by atoms with Crippen LogP contribution in [0.4, 0.5) is 4.79 Å². The summed E-state index contributed by atoms with van der Waals surface area (Å²) >= 11 is 0. The molecule has 0 atom stereocenters. The Balaban J connectivity index is 2.76. The molecule has 0 N–H and O–H groups in total. The number of hydrogen-bond acceptors (Lipinski definition) is 3. The molecule has 4 nitrogen and oxygen atoms in total. The van der Waals surface area contributed by atoms with Crippen molar-refractivity contribution >= 4 is 12.2 Å². The summed E-state index contributed by atoms with van der Waals surface area (Å²) in [7, 11) is 1.63. The van der Waals surface area contributed by atoms with Gasteiger partial charge in [0.1, 0.15) is 11.5 Å². The number of nitrogens with zero attached hydrogens (tertiary/aromatic N) is 1. The zero-order valence-corrected chi connectivity index (χ0v) is 13.7. The molecule has 1 amide bonds. The highest BCUT2D eigenvalue weighted by atomic mass is 16.6. The standard InChI is InChI=1S/C17H25NO3/c1-12(2)18(13(3)4)17(19)21-14(5)11-15-7-9-16(20-6)10-8-15/h7-13H,1-6H3/b14-11+. The molecule has 0 aliphatic carbocycles. The summed E-state index contributed by atoms with van der Waals surface area (Å²) in [6.07, 6.45) is 1.51. The van der Waals surface area contributed by atoms with Crippen molar-refractivity contribution in [2.75, 3.05) is 7.11 Å². The second-order valence-corrected chi connectivity index (χ2v) is 5.49. The molecule has 0 saturated heterocycles. The molecule has 1 rings (SSSR count). The highest BCUT2D eigenvalue weighted by Crippen LogP contribution is 2.16. The quantitative estimate of drug-likeness (QED) is 0.759. The normalized spacial score (nSPS) is 11.7. The number of rotatable bonds is 5. The van der Waals surface area contributed by atoms with E-state index in [1.807, 2.05) is 58.0 Å². The van der Waals surface area contributed by atoms with Crippen LogP contribution in [0, 0.1) is 0 Å². The maximum atomic E-state index is 12.2. The summed E-state index contributed by atoms with van der Waals surface area (Å²) in [4.78, 5) is 13.9. The average Bonchev–Trinajstić information content (AvgIpc) is 2.38. The Labute approximate surface area is 127 Å². The minimum Gasteiger partial charge on any atom is -0.497 e. The fourth-order valence-electron chi connectivity index (χ4n) is 2.17. The van der Waals surface area contributed by atoms with Gasteiger partial charge in [0.25, 0.3) is 0 Å². The molecule has 0 spiro atoms. The van der Waals surface area contributed by atoms with E-state index in [0.29, 0.717) is 5.76 Å². The third kappa shape index (κ3) is 5.14. The zero-order chi connectivity index (χ0) is 16.0. The van der Waals surface area contributed by atoms with Gasteiger partial charge in [-0.3, -0.25) is 0 Å². The van der Waals surface area contributed by atoms with Gasteiger partial charge >= 0.3 is 6.09 Å². The van der Waals surface area contributed by atoms with E-state index in [9.17, 15) is 4.79 Å². The summed E-state index contributed by atoms with van der Waals surface area (Å²) < 4.78 is 10.5. The van der Waals surface area contributed by atoms with Crippen molar-refractivity contribution in [2.45, 2.75) is 46.7 Å².